The van der Waals surface area contributed by atoms with E-state index in [0.29, 0.717) is 0 Å². The van der Waals surface area contributed by atoms with Gasteiger partial charge in [-0.2, -0.15) is 0 Å². The van der Waals surface area contributed by atoms with Crippen LogP contribution in [-0.2, 0) is 0 Å². The zero-order chi connectivity index (χ0) is 15.6. The Kier molecular flexibility index (Phi) is 6.17. The number of benzene rings is 2. The molecule has 2 aromatic carbocycles. The summed E-state index contributed by atoms with van der Waals surface area (Å²) in [6.45, 7) is 4.17. The van der Waals surface area contributed by atoms with Gasteiger partial charge in [-0.15, -0.1) is 0 Å². The van der Waals surface area contributed by atoms with E-state index in [2.05, 4.69) is 63.7 Å². The number of hydrogen-bond acceptors (Lipinski definition) is 2. The Balaban J connectivity index is 2.06. The summed E-state index contributed by atoms with van der Waals surface area (Å²) in [6, 6.07) is 7.80. The fourth-order valence-electron chi connectivity index (χ4n) is 1.64. The van der Waals surface area contributed by atoms with Crippen LogP contribution in [0.1, 0.15) is 11.1 Å². The molecule has 0 radical (unpaired) electrons. The van der Waals surface area contributed by atoms with Gasteiger partial charge in [0.15, 0.2) is 0 Å². The van der Waals surface area contributed by atoms with E-state index in [-0.39, 0.29) is 6.79 Å². The highest BCUT2D eigenvalue weighted by atomic mass is 79.9. The van der Waals surface area contributed by atoms with Gasteiger partial charge in [0.1, 0.15) is 11.5 Å². The second-order valence-electron chi connectivity index (χ2n) is 4.42. The molecule has 2 aromatic rings. The Morgan fingerprint density at radius 2 is 1.05 bits per heavy atom. The van der Waals surface area contributed by atoms with Crippen molar-refractivity contribution in [2.45, 2.75) is 13.8 Å². The van der Waals surface area contributed by atoms with Crippen LogP contribution in [0.3, 0.4) is 0 Å². The second kappa shape index (κ2) is 7.49. The third kappa shape index (κ3) is 4.03. The molecule has 2 rings (SSSR count). The Morgan fingerprint density at radius 1 is 0.667 bits per heavy atom. The van der Waals surface area contributed by atoms with E-state index in [4.69, 9.17) is 9.47 Å². The van der Waals surface area contributed by atoms with Gasteiger partial charge in [-0.25, -0.2) is 0 Å². The Labute approximate surface area is 157 Å². The summed E-state index contributed by atoms with van der Waals surface area (Å²) in [5, 5.41) is 0. The molecule has 0 atom stereocenters. The highest BCUT2D eigenvalue weighted by Crippen LogP contribution is 2.36. The minimum absolute atomic E-state index is 0.127. The molecule has 2 nitrogen and oxygen atoms in total. The second-order valence-corrected chi connectivity index (χ2v) is 7.60. The molecule has 0 heterocycles. The number of rotatable bonds is 4. The maximum atomic E-state index is 5.67. The largest absolute Gasteiger partial charge is 0.456 e. The maximum Gasteiger partial charge on any atom is 0.231 e. The minimum atomic E-state index is 0.127. The number of ether oxygens (including phenoxy) is 2. The first-order chi connectivity index (χ1) is 9.91. The van der Waals surface area contributed by atoms with Crippen molar-refractivity contribution >= 4 is 63.7 Å². The van der Waals surface area contributed by atoms with Gasteiger partial charge in [0.05, 0.1) is 8.95 Å². The van der Waals surface area contributed by atoms with Gasteiger partial charge in [0.2, 0.25) is 6.79 Å². The number of hydrogen-bond donors (Lipinski definition) is 0. The molecule has 0 aliphatic heterocycles. The van der Waals surface area contributed by atoms with Crippen molar-refractivity contribution in [3.63, 3.8) is 0 Å². The molecule has 0 aromatic heterocycles. The van der Waals surface area contributed by atoms with Gasteiger partial charge in [-0.1, -0.05) is 12.1 Å². The third-order valence-corrected chi connectivity index (χ3v) is 7.59. The summed E-state index contributed by atoms with van der Waals surface area (Å²) in [6.07, 6.45) is 0. The van der Waals surface area contributed by atoms with Crippen LogP contribution < -0.4 is 9.47 Å². The van der Waals surface area contributed by atoms with Gasteiger partial charge < -0.3 is 9.47 Å². The van der Waals surface area contributed by atoms with Crippen LogP contribution in [0, 0.1) is 13.8 Å². The molecular weight excluding hydrogens is 532 g/mol. The fourth-order valence-corrected chi connectivity index (χ4v) is 3.41. The normalized spacial score (nSPS) is 10.6. The van der Waals surface area contributed by atoms with E-state index in [1.54, 1.807) is 0 Å². The third-order valence-electron chi connectivity index (χ3n) is 2.91. The Hall–Kier alpha value is -0.0400. The summed E-state index contributed by atoms with van der Waals surface area (Å²) in [5.74, 6) is 1.46. The van der Waals surface area contributed by atoms with Crippen LogP contribution >= 0.6 is 63.7 Å². The molecule has 0 spiro atoms. The van der Waals surface area contributed by atoms with Crippen molar-refractivity contribution in [3.05, 3.63) is 53.3 Å². The molecule has 0 fully saturated rings. The summed E-state index contributed by atoms with van der Waals surface area (Å²) >= 11 is 14.0. The van der Waals surface area contributed by atoms with Gasteiger partial charge in [0, 0.05) is 8.95 Å². The lowest BCUT2D eigenvalue weighted by molar-refractivity contribution is 0.118. The van der Waals surface area contributed by atoms with Gasteiger partial charge in [0.25, 0.3) is 0 Å². The zero-order valence-corrected chi connectivity index (χ0v) is 17.7. The molecule has 0 N–H and O–H groups in total. The molecule has 0 saturated carbocycles. The number of aryl methyl sites for hydroxylation is 2. The standard InChI is InChI=1S/C15H12Br4O2/c1-8-3-5-10(14(18)12(8)16)20-7-21-11-6-4-9(2)13(17)15(11)19/h3-6H,7H2,1-2H3. The van der Waals surface area contributed by atoms with Crippen molar-refractivity contribution in [1.29, 1.82) is 0 Å². The first kappa shape index (κ1) is 17.3. The van der Waals surface area contributed by atoms with Gasteiger partial charge in [-0.3, -0.25) is 0 Å². The smallest absolute Gasteiger partial charge is 0.231 e. The fraction of sp³-hybridized carbons (Fsp3) is 0.200. The SMILES string of the molecule is Cc1ccc(OCOc2ccc(C)c(Br)c2Br)c(Br)c1Br. The summed E-state index contributed by atoms with van der Waals surface area (Å²) in [5.41, 5.74) is 2.28. The Bertz CT molecular complexity index is 614. The van der Waals surface area contributed by atoms with Gasteiger partial charge >= 0.3 is 0 Å². The predicted octanol–water partition coefficient (Wildman–Crippen LogP) is 6.77. The lowest BCUT2D eigenvalue weighted by Gasteiger charge is -2.13. The van der Waals surface area contributed by atoms with Crippen molar-refractivity contribution in [3.8, 4) is 11.5 Å². The molecule has 0 unspecified atom stereocenters. The molecule has 6 heteroatoms. The predicted molar refractivity (Wildman–Crippen MR) is 99.3 cm³/mol. The molecule has 0 aliphatic rings. The molecule has 0 amide bonds. The van der Waals surface area contributed by atoms with E-state index in [0.717, 1.165) is 40.5 Å². The van der Waals surface area contributed by atoms with E-state index >= 15 is 0 Å². The van der Waals surface area contributed by atoms with Crippen LogP contribution in [0.2, 0.25) is 0 Å². The summed E-state index contributed by atoms with van der Waals surface area (Å²) < 4.78 is 15.1. The average molecular weight is 544 g/mol. The highest BCUT2D eigenvalue weighted by molar-refractivity contribution is 9.13. The molecule has 0 bridgehead atoms. The topological polar surface area (TPSA) is 18.5 Å². The van der Waals surface area contributed by atoms with Crippen LogP contribution in [-0.4, -0.2) is 6.79 Å². The molecule has 0 saturated heterocycles. The van der Waals surface area contributed by atoms with Crippen molar-refractivity contribution in [1.82, 2.24) is 0 Å². The Morgan fingerprint density at radius 3 is 1.43 bits per heavy atom. The first-order valence-corrected chi connectivity index (χ1v) is 9.23. The van der Waals surface area contributed by atoms with E-state index in [1.165, 1.54) is 0 Å². The van der Waals surface area contributed by atoms with Crippen molar-refractivity contribution in [2.75, 3.05) is 6.79 Å². The average Bonchev–Trinajstić information content (AvgIpc) is 2.47. The molecule has 112 valence electrons. The highest BCUT2D eigenvalue weighted by Gasteiger charge is 2.10. The van der Waals surface area contributed by atoms with Crippen molar-refractivity contribution in [2.24, 2.45) is 0 Å². The van der Waals surface area contributed by atoms with E-state index in [9.17, 15) is 0 Å². The van der Waals surface area contributed by atoms with Crippen LogP contribution in [0.5, 0.6) is 11.5 Å². The van der Waals surface area contributed by atoms with Crippen LogP contribution in [0.15, 0.2) is 42.2 Å². The van der Waals surface area contributed by atoms with E-state index in [1.807, 2.05) is 38.1 Å². The van der Waals surface area contributed by atoms with Crippen molar-refractivity contribution < 1.29 is 9.47 Å². The lowest BCUT2D eigenvalue weighted by atomic mass is 10.2. The van der Waals surface area contributed by atoms with E-state index < -0.39 is 0 Å². The zero-order valence-electron chi connectivity index (χ0n) is 11.3. The molecule has 0 aliphatic carbocycles. The summed E-state index contributed by atoms with van der Waals surface area (Å²) in [4.78, 5) is 0. The lowest BCUT2D eigenvalue weighted by Crippen LogP contribution is -2.07. The minimum Gasteiger partial charge on any atom is -0.456 e. The number of halogens is 4. The molecule has 21 heavy (non-hydrogen) atoms. The summed E-state index contributed by atoms with van der Waals surface area (Å²) in [7, 11) is 0. The van der Waals surface area contributed by atoms with Gasteiger partial charge in [-0.05, 0) is 101 Å². The maximum absolute atomic E-state index is 5.67. The van der Waals surface area contributed by atoms with Crippen LogP contribution in [0.25, 0.3) is 0 Å². The molecular formula is C15H12Br4O2. The monoisotopic (exact) mass is 540 g/mol. The quantitative estimate of drug-likeness (QED) is 0.396. The first-order valence-electron chi connectivity index (χ1n) is 6.06. The van der Waals surface area contributed by atoms with Crippen LogP contribution in [0.4, 0.5) is 0 Å².